The Morgan fingerprint density at radius 3 is 2.02 bits per heavy atom. The summed E-state index contributed by atoms with van der Waals surface area (Å²) in [6.45, 7) is 6.41. The van der Waals surface area contributed by atoms with E-state index in [0.29, 0.717) is 34.7 Å². The van der Waals surface area contributed by atoms with Crippen LogP contribution >= 0.6 is 23.4 Å². The second kappa shape index (κ2) is 16.0. The fourth-order valence-electron chi connectivity index (χ4n) is 6.79. The molecule has 0 atom stereocenters. The number of nitrogens with zero attached hydrogens (tertiary/aromatic N) is 6. The fraction of sp³-hybridized carbons (Fsp3) is 0.275. The third-order valence-electron chi connectivity index (χ3n) is 9.44. The summed E-state index contributed by atoms with van der Waals surface area (Å²) in [5.41, 5.74) is 5.48. The van der Waals surface area contributed by atoms with E-state index in [2.05, 4.69) is 98.5 Å². The van der Waals surface area contributed by atoms with Crippen LogP contribution < -0.4 is 14.5 Å². The van der Waals surface area contributed by atoms with Gasteiger partial charge in [0.15, 0.2) is 5.16 Å². The Balaban J connectivity index is 0.949. The van der Waals surface area contributed by atoms with E-state index in [0.717, 1.165) is 56.4 Å². The van der Waals surface area contributed by atoms with E-state index in [-0.39, 0.29) is 11.9 Å². The highest BCUT2D eigenvalue weighted by atomic mass is 35.5. The van der Waals surface area contributed by atoms with Gasteiger partial charge in [0.25, 0.3) is 5.91 Å². The molecular formula is C40H41ClN6O2S. The Morgan fingerprint density at radius 2 is 1.38 bits per heavy atom. The minimum Gasteiger partial charge on any atom is -0.497 e. The second-order valence-electron chi connectivity index (χ2n) is 12.5. The monoisotopic (exact) mass is 704 g/mol. The van der Waals surface area contributed by atoms with Crippen molar-refractivity contribution in [3.05, 3.63) is 143 Å². The lowest BCUT2D eigenvalue weighted by Crippen LogP contribution is -2.49. The molecule has 0 saturated carbocycles. The highest BCUT2D eigenvalue weighted by Crippen LogP contribution is 2.31. The molecule has 2 aliphatic heterocycles. The third-order valence-corrected chi connectivity index (χ3v) is 10.6. The quantitative estimate of drug-likeness (QED) is 0.0853. The molecule has 8 nitrogen and oxygen atoms in total. The SMILES string of the molecule is COc1ccc(N2CCN(c3cc(Cl)nc(SCc4cccc(C(=O)N5CCN(C(c6ccccc6)c6ccccc6)CC5)c4)n3)CC2)cc1. The topological polar surface area (TPSA) is 65.0 Å². The largest absolute Gasteiger partial charge is 0.497 e. The molecule has 2 fully saturated rings. The number of carbonyl (C=O) groups is 1. The molecule has 1 amide bonds. The predicted octanol–water partition coefficient (Wildman–Crippen LogP) is 7.30. The summed E-state index contributed by atoms with van der Waals surface area (Å²) < 4.78 is 5.30. The van der Waals surface area contributed by atoms with Crippen LogP contribution in [0, 0.1) is 0 Å². The standard InChI is InChI=1S/C40H41ClN6O2S/c1-49-35-17-15-34(16-18-35)44-19-21-45(22-20-44)37-28-36(41)42-40(43-37)50-29-30-9-8-14-33(27-30)39(48)47-25-23-46(24-26-47)38(31-10-4-2-5-11-31)32-12-6-3-7-13-32/h2-18,27-28,38H,19-26,29H2,1H3. The highest BCUT2D eigenvalue weighted by Gasteiger charge is 2.29. The van der Waals surface area contributed by atoms with Gasteiger partial charge in [0.05, 0.1) is 13.2 Å². The smallest absolute Gasteiger partial charge is 0.253 e. The molecule has 256 valence electrons. The van der Waals surface area contributed by atoms with E-state index < -0.39 is 0 Å². The Labute approximate surface area is 303 Å². The molecular weight excluding hydrogens is 664 g/mol. The zero-order valence-electron chi connectivity index (χ0n) is 28.2. The minimum absolute atomic E-state index is 0.0718. The molecule has 50 heavy (non-hydrogen) atoms. The van der Waals surface area contributed by atoms with Gasteiger partial charge >= 0.3 is 0 Å². The summed E-state index contributed by atoms with van der Waals surface area (Å²) in [7, 11) is 1.68. The molecule has 7 rings (SSSR count). The minimum atomic E-state index is 0.0718. The Bertz CT molecular complexity index is 1830. The van der Waals surface area contributed by atoms with Crippen molar-refractivity contribution in [2.45, 2.75) is 17.0 Å². The van der Waals surface area contributed by atoms with Crippen LogP contribution in [0.15, 0.2) is 120 Å². The number of hydrogen-bond donors (Lipinski definition) is 0. The van der Waals surface area contributed by atoms with E-state index in [1.54, 1.807) is 7.11 Å². The van der Waals surface area contributed by atoms with Gasteiger partial charge in [-0.15, -0.1) is 0 Å². The van der Waals surface area contributed by atoms with Crippen molar-refractivity contribution in [3.63, 3.8) is 0 Å². The van der Waals surface area contributed by atoms with Gasteiger partial charge < -0.3 is 19.4 Å². The van der Waals surface area contributed by atoms with Gasteiger partial charge in [-0.3, -0.25) is 9.69 Å². The van der Waals surface area contributed by atoms with E-state index >= 15 is 0 Å². The van der Waals surface area contributed by atoms with Gasteiger partial charge in [0.1, 0.15) is 16.7 Å². The molecule has 0 aliphatic carbocycles. The summed E-state index contributed by atoms with van der Waals surface area (Å²) in [6, 6.07) is 39.4. The Hall–Kier alpha value is -4.57. The molecule has 4 aromatic carbocycles. The van der Waals surface area contributed by atoms with Crippen LogP contribution in [-0.2, 0) is 5.75 Å². The van der Waals surface area contributed by atoms with Gasteiger partial charge in [0, 0.05) is 75.4 Å². The van der Waals surface area contributed by atoms with E-state index in [1.165, 1.54) is 28.6 Å². The summed E-state index contributed by atoms with van der Waals surface area (Å²) in [4.78, 5) is 32.2. The maximum atomic E-state index is 13.7. The van der Waals surface area contributed by atoms with Crippen LogP contribution in [0.2, 0.25) is 5.15 Å². The molecule has 0 bridgehead atoms. The van der Waals surface area contributed by atoms with Crippen molar-refractivity contribution in [3.8, 4) is 5.75 Å². The van der Waals surface area contributed by atoms with Gasteiger partial charge in [-0.1, -0.05) is 96.2 Å². The molecule has 0 spiro atoms. The molecule has 3 heterocycles. The second-order valence-corrected chi connectivity index (χ2v) is 13.9. The number of hydrogen-bond acceptors (Lipinski definition) is 8. The van der Waals surface area contributed by atoms with E-state index in [9.17, 15) is 4.79 Å². The predicted molar refractivity (Wildman–Crippen MR) is 203 cm³/mol. The molecule has 0 unspecified atom stereocenters. The van der Waals surface area contributed by atoms with Crippen molar-refractivity contribution in [1.29, 1.82) is 0 Å². The average molecular weight is 705 g/mol. The van der Waals surface area contributed by atoms with Crippen molar-refractivity contribution in [2.75, 3.05) is 69.3 Å². The maximum absolute atomic E-state index is 13.7. The lowest BCUT2D eigenvalue weighted by atomic mass is 9.96. The molecule has 0 N–H and O–H groups in total. The number of aromatic nitrogens is 2. The van der Waals surface area contributed by atoms with E-state index in [1.807, 2.05) is 41.3 Å². The number of rotatable bonds is 10. The molecule has 2 aliphatic rings. The number of anilines is 2. The summed E-state index contributed by atoms with van der Waals surface area (Å²) in [6.07, 6.45) is 0. The van der Waals surface area contributed by atoms with E-state index in [4.69, 9.17) is 21.3 Å². The lowest BCUT2D eigenvalue weighted by Gasteiger charge is -2.39. The molecule has 2 saturated heterocycles. The van der Waals surface area contributed by atoms with Crippen molar-refractivity contribution in [2.24, 2.45) is 0 Å². The molecule has 0 radical (unpaired) electrons. The number of benzene rings is 4. The van der Waals surface area contributed by atoms with Crippen LogP contribution in [0.4, 0.5) is 11.5 Å². The van der Waals surface area contributed by atoms with Crippen molar-refractivity contribution < 1.29 is 9.53 Å². The van der Waals surface area contributed by atoms with Gasteiger partial charge in [-0.2, -0.15) is 0 Å². The van der Waals surface area contributed by atoms with Crippen LogP contribution in [0.25, 0.3) is 0 Å². The fourth-order valence-corrected chi connectivity index (χ4v) is 7.82. The number of halogens is 1. The normalized spacial score (nSPS) is 15.4. The van der Waals surface area contributed by atoms with Gasteiger partial charge in [0.2, 0.25) is 0 Å². The summed E-state index contributed by atoms with van der Waals surface area (Å²) >= 11 is 8.02. The number of methoxy groups -OCH3 is 1. The number of thioether (sulfide) groups is 1. The van der Waals surface area contributed by atoms with Gasteiger partial charge in [-0.05, 0) is 53.1 Å². The first-order valence-corrected chi connectivity index (χ1v) is 18.4. The van der Waals surface area contributed by atoms with Crippen LogP contribution in [0.5, 0.6) is 5.75 Å². The number of ether oxygens (including phenoxy) is 1. The maximum Gasteiger partial charge on any atom is 0.253 e. The summed E-state index contributed by atoms with van der Waals surface area (Å²) in [5, 5.41) is 1.06. The Kier molecular flexibility index (Phi) is 10.8. The zero-order chi connectivity index (χ0) is 34.3. The molecule has 1 aromatic heterocycles. The number of amides is 1. The van der Waals surface area contributed by atoms with Crippen LogP contribution in [0.3, 0.4) is 0 Å². The van der Waals surface area contributed by atoms with Crippen molar-refractivity contribution in [1.82, 2.24) is 19.8 Å². The number of carbonyl (C=O) groups excluding carboxylic acids is 1. The number of piperazine rings is 2. The van der Waals surface area contributed by atoms with Crippen molar-refractivity contribution >= 4 is 40.8 Å². The van der Waals surface area contributed by atoms with Gasteiger partial charge in [-0.25, -0.2) is 9.97 Å². The van der Waals surface area contributed by atoms with Crippen LogP contribution in [0.1, 0.15) is 33.1 Å². The van der Waals surface area contributed by atoms with Crippen LogP contribution in [-0.4, -0.2) is 85.1 Å². The third kappa shape index (κ3) is 8.07. The first-order chi connectivity index (χ1) is 24.5. The highest BCUT2D eigenvalue weighted by molar-refractivity contribution is 7.98. The first kappa shape index (κ1) is 33.9. The molecule has 10 heteroatoms. The lowest BCUT2D eigenvalue weighted by molar-refractivity contribution is 0.0597. The average Bonchev–Trinajstić information content (AvgIpc) is 3.18. The zero-order valence-corrected chi connectivity index (χ0v) is 29.8. The molecule has 5 aromatic rings. The first-order valence-electron chi connectivity index (χ1n) is 17.1. The summed E-state index contributed by atoms with van der Waals surface area (Å²) in [5.74, 6) is 2.40. The Morgan fingerprint density at radius 1 is 0.740 bits per heavy atom.